The van der Waals surface area contributed by atoms with Crippen molar-refractivity contribution in [1.82, 2.24) is 25.1 Å². The van der Waals surface area contributed by atoms with Gasteiger partial charge in [0.25, 0.3) is 0 Å². The number of hydrogen-bond acceptors (Lipinski definition) is 5. The van der Waals surface area contributed by atoms with Crippen LogP contribution in [0, 0.1) is 6.92 Å². The zero-order valence-electron chi connectivity index (χ0n) is 16.3. The number of nitrogens with one attached hydrogen (secondary N) is 1. The molecule has 0 spiro atoms. The Hall–Kier alpha value is -1.95. The van der Waals surface area contributed by atoms with Gasteiger partial charge in [0.05, 0.1) is 17.9 Å². The van der Waals surface area contributed by atoms with Gasteiger partial charge in [-0.25, -0.2) is 9.97 Å². The van der Waals surface area contributed by atoms with Crippen LogP contribution in [-0.2, 0) is 32.2 Å². The van der Waals surface area contributed by atoms with Crippen LogP contribution >= 0.6 is 0 Å². The van der Waals surface area contributed by atoms with E-state index in [1.165, 1.54) is 47.5 Å². The van der Waals surface area contributed by atoms with Crippen LogP contribution < -0.4 is 4.90 Å². The van der Waals surface area contributed by atoms with Crippen molar-refractivity contribution in [3.63, 3.8) is 0 Å². The molecule has 2 aromatic rings. The first-order valence-corrected chi connectivity index (χ1v) is 9.93. The number of nitrogens with zero attached hydrogens (tertiary/aromatic N) is 5. The van der Waals surface area contributed by atoms with Gasteiger partial charge >= 0.3 is 0 Å². The molecule has 0 radical (unpaired) electrons. The topological polar surface area (TPSA) is 60.9 Å². The molecule has 2 aliphatic rings. The summed E-state index contributed by atoms with van der Waals surface area (Å²) in [7, 11) is 4.34. The number of anilines is 1. The molecule has 6 nitrogen and oxygen atoms in total. The monoisotopic (exact) mass is 354 g/mol. The largest absolute Gasteiger partial charge is 0.353 e. The van der Waals surface area contributed by atoms with Gasteiger partial charge in [0.15, 0.2) is 0 Å². The molecule has 0 saturated heterocycles. The summed E-state index contributed by atoms with van der Waals surface area (Å²) in [6.07, 6.45) is 8.19. The lowest BCUT2D eigenvalue weighted by Crippen LogP contribution is -2.23. The van der Waals surface area contributed by atoms with Gasteiger partial charge in [0, 0.05) is 37.8 Å². The Kier molecular flexibility index (Phi) is 4.94. The number of aromatic nitrogens is 4. The third kappa shape index (κ3) is 3.47. The van der Waals surface area contributed by atoms with E-state index >= 15 is 0 Å². The van der Waals surface area contributed by atoms with Crippen LogP contribution in [0.4, 0.5) is 5.82 Å². The Morgan fingerprint density at radius 2 is 1.81 bits per heavy atom. The van der Waals surface area contributed by atoms with Crippen LogP contribution in [-0.4, -0.2) is 52.3 Å². The van der Waals surface area contributed by atoms with Crippen molar-refractivity contribution in [2.45, 2.75) is 58.4 Å². The van der Waals surface area contributed by atoms with Crippen molar-refractivity contribution in [3.8, 4) is 0 Å². The van der Waals surface area contributed by atoms with E-state index in [0.29, 0.717) is 0 Å². The van der Waals surface area contributed by atoms with E-state index < -0.39 is 0 Å². The summed E-state index contributed by atoms with van der Waals surface area (Å²) < 4.78 is 0. The Balaban J connectivity index is 1.62. The predicted octanol–water partition coefficient (Wildman–Crippen LogP) is 2.44. The molecule has 0 aromatic carbocycles. The molecular formula is C20H30N6. The normalized spacial score (nSPS) is 18.0. The molecule has 1 aliphatic heterocycles. The fourth-order valence-electron chi connectivity index (χ4n) is 4.28. The summed E-state index contributed by atoms with van der Waals surface area (Å²) in [4.78, 5) is 14.2. The van der Waals surface area contributed by atoms with Crippen molar-refractivity contribution in [1.29, 1.82) is 0 Å². The lowest BCUT2D eigenvalue weighted by atomic mass is 10.1. The Bertz CT molecular complexity index is 781. The number of fused-ring (bicyclic) bond motifs is 2. The SMILES string of the molecule is Cc1nc2c(c(N(C)Cc3n[nH]c4c3CCCCC4)n1)CCN(C)CC2. The van der Waals surface area contributed by atoms with E-state index in [-0.39, 0.29) is 0 Å². The van der Waals surface area contributed by atoms with Gasteiger partial charge in [-0.3, -0.25) is 5.10 Å². The molecule has 1 aliphatic carbocycles. The fraction of sp³-hybridized carbons (Fsp3) is 0.650. The van der Waals surface area contributed by atoms with Crippen LogP contribution in [0.15, 0.2) is 0 Å². The number of H-pyrrole nitrogens is 1. The summed E-state index contributed by atoms with van der Waals surface area (Å²) >= 11 is 0. The molecule has 26 heavy (non-hydrogen) atoms. The molecule has 0 atom stereocenters. The van der Waals surface area contributed by atoms with Gasteiger partial charge in [-0.2, -0.15) is 5.10 Å². The predicted molar refractivity (Wildman–Crippen MR) is 104 cm³/mol. The number of hydrogen-bond donors (Lipinski definition) is 1. The first-order chi connectivity index (χ1) is 12.6. The molecule has 140 valence electrons. The quantitative estimate of drug-likeness (QED) is 0.858. The standard InChI is InChI=1S/C20H30N6/c1-14-21-17-10-12-25(2)11-9-16(17)20(22-14)26(3)13-19-15-7-5-4-6-8-18(15)23-24-19/h4-13H2,1-3H3,(H,23,24). The number of likely N-dealkylation sites (N-methyl/N-ethyl adjacent to an activating group) is 1. The van der Waals surface area contributed by atoms with Crippen molar-refractivity contribution >= 4 is 5.82 Å². The summed E-state index contributed by atoms with van der Waals surface area (Å²) in [5.74, 6) is 1.96. The van der Waals surface area contributed by atoms with Crippen LogP contribution in [0.3, 0.4) is 0 Å². The average Bonchev–Trinajstić information content (AvgIpc) is 2.79. The molecule has 6 heteroatoms. The molecule has 2 aromatic heterocycles. The van der Waals surface area contributed by atoms with Gasteiger partial charge in [-0.1, -0.05) is 6.42 Å². The van der Waals surface area contributed by atoms with Gasteiger partial charge in [-0.15, -0.1) is 0 Å². The lowest BCUT2D eigenvalue weighted by Gasteiger charge is -2.22. The molecule has 0 fully saturated rings. The molecular weight excluding hydrogens is 324 g/mol. The highest BCUT2D eigenvalue weighted by atomic mass is 15.2. The average molecular weight is 355 g/mol. The highest BCUT2D eigenvalue weighted by molar-refractivity contribution is 5.50. The van der Waals surface area contributed by atoms with Gasteiger partial charge in [0.2, 0.25) is 0 Å². The molecule has 0 bridgehead atoms. The van der Waals surface area contributed by atoms with E-state index in [1.807, 2.05) is 6.92 Å². The first kappa shape index (κ1) is 17.5. The summed E-state index contributed by atoms with van der Waals surface area (Å²) in [5.41, 5.74) is 6.55. The smallest absolute Gasteiger partial charge is 0.135 e. The maximum Gasteiger partial charge on any atom is 0.135 e. The molecule has 4 rings (SSSR count). The molecule has 3 heterocycles. The van der Waals surface area contributed by atoms with E-state index in [4.69, 9.17) is 9.97 Å². The van der Waals surface area contributed by atoms with E-state index in [0.717, 1.165) is 57.0 Å². The van der Waals surface area contributed by atoms with Gasteiger partial charge < -0.3 is 9.80 Å². The Morgan fingerprint density at radius 3 is 2.69 bits per heavy atom. The second-order valence-electron chi connectivity index (χ2n) is 7.87. The van der Waals surface area contributed by atoms with E-state index in [9.17, 15) is 0 Å². The van der Waals surface area contributed by atoms with E-state index in [2.05, 4.69) is 34.1 Å². The van der Waals surface area contributed by atoms with Crippen molar-refractivity contribution < 1.29 is 0 Å². The second kappa shape index (κ2) is 7.35. The molecule has 0 saturated carbocycles. The van der Waals surface area contributed by atoms with Crippen LogP contribution in [0.1, 0.15) is 53.3 Å². The zero-order valence-corrected chi connectivity index (χ0v) is 16.3. The highest BCUT2D eigenvalue weighted by Crippen LogP contribution is 2.27. The molecule has 0 unspecified atom stereocenters. The van der Waals surface area contributed by atoms with Crippen LogP contribution in [0.25, 0.3) is 0 Å². The second-order valence-corrected chi connectivity index (χ2v) is 7.87. The zero-order chi connectivity index (χ0) is 18.1. The minimum atomic E-state index is 0.810. The van der Waals surface area contributed by atoms with E-state index in [1.54, 1.807) is 0 Å². The maximum atomic E-state index is 4.82. The van der Waals surface area contributed by atoms with Crippen molar-refractivity contribution in [2.24, 2.45) is 0 Å². The Morgan fingerprint density at radius 1 is 1.00 bits per heavy atom. The van der Waals surface area contributed by atoms with Crippen molar-refractivity contribution in [2.75, 3.05) is 32.1 Å². The molecule has 1 N–H and O–H groups in total. The summed E-state index contributed by atoms with van der Waals surface area (Å²) in [6, 6.07) is 0. The highest BCUT2D eigenvalue weighted by Gasteiger charge is 2.22. The summed E-state index contributed by atoms with van der Waals surface area (Å²) in [6.45, 7) is 4.95. The first-order valence-electron chi connectivity index (χ1n) is 9.93. The number of aryl methyl sites for hydroxylation is 2. The third-order valence-electron chi connectivity index (χ3n) is 5.80. The van der Waals surface area contributed by atoms with Gasteiger partial charge in [-0.05, 0) is 51.6 Å². The van der Waals surface area contributed by atoms with Crippen LogP contribution in [0.5, 0.6) is 0 Å². The minimum absolute atomic E-state index is 0.810. The number of rotatable bonds is 3. The lowest BCUT2D eigenvalue weighted by molar-refractivity contribution is 0.352. The maximum absolute atomic E-state index is 4.82. The third-order valence-corrected chi connectivity index (χ3v) is 5.80. The Labute approximate surface area is 156 Å². The minimum Gasteiger partial charge on any atom is -0.353 e. The number of aromatic amines is 1. The van der Waals surface area contributed by atoms with Crippen LogP contribution in [0.2, 0.25) is 0 Å². The fourth-order valence-corrected chi connectivity index (χ4v) is 4.28. The molecule has 0 amide bonds. The van der Waals surface area contributed by atoms with Crippen molar-refractivity contribution in [3.05, 3.63) is 34.0 Å². The van der Waals surface area contributed by atoms with Gasteiger partial charge in [0.1, 0.15) is 11.6 Å². The summed E-state index contributed by atoms with van der Waals surface area (Å²) in [5, 5.41) is 7.95.